The van der Waals surface area contributed by atoms with Gasteiger partial charge >= 0.3 is 0 Å². The van der Waals surface area contributed by atoms with Crippen LogP contribution in [0.3, 0.4) is 0 Å². The first-order chi connectivity index (χ1) is 17.0. The van der Waals surface area contributed by atoms with Crippen LogP contribution in [0.2, 0.25) is 15.1 Å². The van der Waals surface area contributed by atoms with Gasteiger partial charge in [-0.3, -0.25) is 9.48 Å². The topological polar surface area (TPSA) is 64.7 Å². The number of aromatic nitrogens is 4. The lowest BCUT2D eigenvalue weighted by atomic mass is 10.1. The molecule has 0 bridgehead atoms. The van der Waals surface area contributed by atoms with Crippen LogP contribution in [-0.2, 0) is 6.54 Å². The molecule has 1 N–H and O–H groups in total. The Morgan fingerprint density at radius 2 is 1.54 bits per heavy atom. The Bertz CT molecular complexity index is 1500. The molecular weight excluding hydrogens is 505 g/mol. The number of hydrogen-bond acceptors (Lipinski definition) is 3. The summed E-state index contributed by atoms with van der Waals surface area (Å²) in [4.78, 5) is 13.4. The summed E-state index contributed by atoms with van der Waals surface area (Å²) in [6, 6.07) is 24.4. The molecule has 5 aromatic rings. The molecule has 0 spiro atoms. The fraction of sp³-hybridized carbons (Fsp3) is 0.0385. The van der Waals surface area contributed by atoms with Crippen LogP contribution >= 0.6 is 34.8 Å². The number of para-hydroxylation sites is 1. The highest BCUT2D eigenvalue weighted by atomic mass is 35.5. The van der Waals surface area contributed by atoms with E-state index in [-0.39, 0.29) is 11.7 Å². The minimum Gasteiger partial charge on any atom is -0.304 e. The van der Waals surface area contributed by atoms with Crippen LogP contribution in [0.4, 0.5) is 5.82 Å². The van der Waals surface area contributed by atoms with Crippen LogP contribution in [-0.4, -0.2) is 25.5 Å². The van der Waals surface area contributed by atoms with Crippen molar-refractivity contribution >= 4 is 46.5 Å². The van der Waals surface area contributed by atoms with E-state index in [4.69, 9.17) is 34.8 Å². The van der Waals surface area contributed by atoms with Gasteiger partial charge in [-0.1, -0.05) is 89.4 Å². The van der Waals surface area contributed by atoms with Crippen molar-refractivity contribution in [2.75, 3.05) is 5.32 Å². The third-order valence-electron chi connectivity index (χ3n) is 5.32. The molecule has 0 aliphatic heterocycles. The van der Waals surface area contributed by atoms with E-state index < -0.39 is 0 Å². The van der Waals surface area contributed by atoms with E-state index in [1.165, 1.54) is 0 Å². The Labute approximate surface area is 216 Å². The minimum atomic E-state index is -0.372. The van der Waals surface area contributed by atoms with E-state index in [1.54, 1.807) is 33.9 Å². The van der Waals surface area contributed by atoms with E-state index in [0.29, 0.717) is 32.9 Å². The quantitative estimate of drug-likeness (QED) is 0.261. The number of carbonyl (C=O) groups is 1. The standard InChI is InChI=1S/C26H18Cl3N5O/c27-19-12-11-18(22(28)13-19)14-33-16-23(29)25(32-33)30-26(35)21-15-34(20-9-5-2-6-10-20)31-24(21)17-7-3-1-4-8-17/h1-13,15-16H,14H2,(H,30,32,35). The van der Waals surface area contributed by atoms with Gasteiger partial charge in [0, 0.05) is 28.0 Å². The second kappa shape index (κ2) is 9.96. The largest absolute Gasteiger partial charge is 0.304 e. The summed E-state index contributed by atoms with van der Waals surface area (Å²) in [7, 11) is 0. The molecule has 0 saturated carbocycles. The van der Waals surface area contributed by atoms with Crippen LogP contribution in [0.5, 0.6) is 0 Å². The van der Waals surface area contributed by atoms with Crippen molar-refractivity contribution in [2.24, 2.45) is 0 Å². The number of hydrogen-bond donors (Lipinski definition) is 1. The van der Waals surface area contributed by atoms with E-state index in [2.05, 4.69) is 15.5 Å². The van der Waals surface area contributed by atoms with Crippen molar-refractivity contribution in [1.29, 1.82) is 0 Å². The smallest absolute Gasteiger partial charge is 0.260 e. The molecule has 1 amide bonds. The highest BCUT2D eigenvalue weighted by Gasteiger charge is 2.21. The zero-order chi connectivity index (χ0) is 24.4. The predicted octanol–water partition coefficient (Wildman–Crippen LogP) is 7.00. The molecule has 2 aromatic heterocycles. The van der Waals surface area contributed by atoms with Gasteiger partial charge in [-0.15, -0.1) is 0 Å². The molecule has 0 aliphatic carbocycles. The summed E-state index contributed by atoms with van der Waals surface area (Å²) in [6.45, 7) is 0.368. The number of amides is 1. The third-order valence-corrected chi connectivity index (χ3v) is 6.19. The number of nitrogens with one attached hydrogen (secondary N) is 1. The van der Waals surface area contributed by atoms with Crippen molar-refractivity contribution in [3.05, 3.63) is 117 Å². The predicted molar refractivity (Wildman–Crippen MR) is 140 cm³/mol. The average molecular weight is 523 g/mol. The SMILES string of the molecule is O=C(Nc1nn(Cc2ccc(Cl)cc2Cl)cc1Cl)c1cn(-c2ccccc2)nc1-c1ccccc1. The molecule has 0 aliphatic rings. The summed E-state index contributed by atoms with van der Waals surface area (Å²) < 4.78 is 3.29. The summed E-state index contributed by atoms with van der Waals surface area (Å²) in [5.74, 6) is -0.129. The number of benzene rings is 3. The van der Waals surface area contributed by atoms with Crippen LogP contribution in [0.1, 0.15) is 15.9 Å². The number of carbonyl (C=O) groups excluding carboxylic acids is 1. The number of halogens is 3. The molecule has 174 valence electrons. The molecule has 3 aromatic carbocycles. The molecule has 35 heavy (non-hydrogen) atoms. The second-order valence-electron chi connectivity index (χ2n) is 7.75. The molecule has 0 saturated heterocycles. The molecule has 9 heteroatoms. The Balaban J connectivity index is 1.44. The minimum absolute atomic E-state index is 0.244. The van der Waals surface area contributed by atoms with E-state index >= 15 is 0 Å². The molecule has 5 rings (SSSR count). The highest BCUT2D eigenvalue weighted by molar-refractivity contribution is 6.35. The molecule has 0 fully saturated rings. The Hall–Kier alpha value is -3.58. The summed E-state index contributed by atoms with van der Waals surface area (Å²) >= 11 is 18.7. The zero-order valence-electron chi connectivity index (χ0n) is 18.2. The van der Waals surface area contributed by atoms with Crippen molar-refractivity contribution in [2.45, 2.75) is 6.54 Å². The van der Waals surface area contributed by atoms with Gasteiger partial charge in [-0.2, -0.15) is 10.2 Å². The van der Waals surface area contributed by atoms with Gasteiger partial charge in [0.15, 0.2) is 5.82 Å². The molecule has 0 unspecified atom stereocenters. The lowest BCUT2D eigenvalue weighted by Crippen LogP contribution is -2.13. The highest BCUT2D eigenvalue weighted by Crippen LogP contribution is 2.27. The van der Waals surface area contributed by atoms with Gasteiger partial charge in [-0.05, 0) is 29.8 Å². The van der Waals surface area contributed by atoms with Gasteiger partial charge in [-0.25, -0.2) is 4.68 Å². The van der Waals surface area contributed by atoms with Crippen LogP contribution in [0.25, 0.3) is 16.9 Å². The molecule has 0 atom stereocenters. The summed E-state index contributed by atoms with van der Waals surface area (Å²) in [5.41, 5.74) is 3.43. The monoisotopic (exact) mass is 521 g/mol. The fourth-order valence-electron chi connectivity index (χ4n) is 3.62. The van der Waals surface area contributed by atoms with Crippen molar-refractivity contribution in [3.63, 3.8) is 0 Å². The maximum Gasteiger partial charge on any atom is 0.260 e. The lowest BCUT2D eigenvalue weighted by molar-refractivity contribution is 0.102. The number of nitrogens with zero attached hydrogens (tertiary/aromatic N) is 4. The second-order valence-corrected chi connectivity index (χ2v) is 9.00. The number of rotatable bonds is 6. The van der Waals surface area contributed by atoms with E-state index in [1.807, 2.05) is 66.7 Å². The van der Waals surface area contributed by atoms with Crippen molar-refractivity contribution < 1.29 is 4.79 Å². The lowest BCUT2D eigenvalue weighted by Gasteiger charge is -2.05. The van der Waals surface area contributed by atoms with E-state index in [9.17, 15) is 4.79 Å². The van der Waals surface area contributed by atoms with Crippen LogP contribution in [0.15, 0.2) is 91.3 Å². The van der Waals surface area contributed by atoms with Crippen LogP contribution in [0, 0.1) is 0 Å². The summed E-state index contributed by atoms with van der Waals surface area (Å²) in [5, 5.41) is 13.3. The van der Waals surface area contributed by atoms with E-state index in [0.717, 1.165) is 16.8 Å². The van der Waals surface area contributed by atoms with Gasteiger partial charge in [0.1, 0.15) is 10.7 Å². The van der Waals surface area contributed by atoms with Gasteiger partial charge in [0.2, 0.25) is 0 Å². The Morgan fingerprint density at radius 1 is 0.829 bits per heavy atom. The van der Waals surface area contributed by atoms with Crippen molar-refractivity contribution in [1.82, 2.24) is 19.6 Å². The fourth-order valence-corrected chi connectivity index (χ4v) is 4.29. The van der Waals surface area contributed by atoms with Gasteiger partial charge < -0.3 is 5.32 Å². The van der Waals surface area contributed by atoms with Crippen LogP contribution < -0.4 is 5.32 Å². The maximum atomic E-state index is 13.4. The molecule has 6 nitrogen and oxygen atoms in total. The maximum absolute atomic E-state index is 13.4. The first-order valence-corrected chi connectivity index (χ1v) is 11.8. The Kier molecular flexibility index (Phi) is 6.59. The molecule has 0 radical (unpaired) electrons. The zero-order valence-corrected chi connectivity index (χ0v) is 20.5. The first-order valence-electron chi connectivity index (χ1n) is 10.7. The van der Waals surface area contributed by atoms with Crippen molar-refractivity contribution in [3.8, 4) is 16.9 Å². The molecular formula is C26H18Cl3N5O. The van der Waals surface area contributed by atoms with Gasteiger partial charge in [0.05, 0.1) is 17.8 Å². The third kappa shape index (κ3) is 5.10. The number of anilines is 1. The first kappa shape index (κ1) is 23.2. The average Bonchev–Trinajstić information content (AvgIpc) is 3.46. The Morgan fingerprint density at radius 3 is 2.26 bits per heavy atom. The summed E-state index contributed by atoms with van der Waals surface area (Å²) in [6.07, 6.45) is 3.33. The normalized spacial score (nSPS) is 10.9. The van der Waals surface area contributed by atoms with Gasteiger partial charge in [0.25, 0.3) is 5.91 Å². The molecule has 2 heterocycles.